The van der Waals surface area contributed by atoms with Crippen LogP contribution >= 0.6 is 0 Å². The molecule has 0 aliphatic rings. The zero-order chi connectivity index (χ0) is 36.6. The number of rotatable bonds is 4. The summed E-state index contributed by atoms with van der Waals surface area (Å²) in [6.45, 7) is 7.78. The molecule has 0 spiro atoms. The first-order valence-electron chi connectivity index (χ1n) is 18.3. The van der Waals surface area contributed by atoms with Crippen molar-refractivity contribution in [1.82, 2.24) is 13.7 Å². The van der Waals surface area contributed by atoms with E-state index < -0.39 is 0 Å². The van der Waals surface area contributed by atoms with Gasteiger partial charge in [0.05, 0.1) is 51.3 Å². The number of aromatic nitrogens is 3. The molecule has 3 aromatic heterocycles. The highest BCUT2D eigenvalue weighted by molar-refractivity contribution is 6.24. The number of fused-ring (bicyclic) bond motifs is 10. The predicted molar refractivity (Wildman–Crippen MR) is 226 cm³/mol. The zero-order valence-electron chi connectivity index (χ0n) is 29.5. The average molecular weight is 700 g/mol. The second kappa shape index (κ2) is 11.8. The molecule has 11 aromatic rings. The fraction of sp³-hybridized carbons (Fsp3) is 0. The van der Waals surface area contributed by atoms with Crippen molar-refractivity contribution in [2.45, 2.75) is 0 Å². The van der Waals surface area contributed by atoms with Gasteiger partial charge >= 0.3 is 0 Å². The average Bonchev–Trinajstić information content (AvgIpc) is 3.89. The van der Waals surface area contributed by atoms with Gasteiger partial charge in [0.15, 0.2) is 5.69 Å². The molecule has 3 heterocycles. The third kappa shape index (κ3) is 4.51. The molecule has 0 aliphatic heterocycles. The minimum Gasteiger partial charge on any atom is -0.309 e. The van der Waals surface area contributed by atoms with Crippen molar-refractivity contribution < 1.29 is 0 Å². The van der Waals surface area contributed by atoms with Gasteiger partial charge in [-0.3, -0.25) is 0 Å². The van der Waals surface area contributed by atoms with Gasteiger partial charge in [0.1, 0.15) is 0 Å². The maximum Gasteiger partial charge on any atom is 0.188 e. The third-order valence-corrected chi connectivity index (χ3v) is 11.0. The van der Waals surface area contributed by atoms with Crippen LogP contribution in [0.25, 0.3) is 98.5 Å². The van der Waals surface area contributed by atoms with Gasteiger partial charge in [-0.2, -0.15) is 5.26 Å². The van der Waals surface area contributed by atoms with E-state index in [1.807, 2.05) is 30.3 Å². The smallest absolute Gasteiger partial charge is 0.188 e. The SMILES string of the molecule is [C-]#[N+]c1ccc2c(c1)c1ccc3c4ccccc4n(-c4cccc(-c5cccc(-n6c7ccccc7c7cc(C#N)ccc76)c5)c4)c3c1n2-c1ccccc1. The normalized spacial score (nSPS) is 11.6. The number of hydrogen-bond donors (Lipinski definition) is 0. The van der Waals surface area contributed by atoms with Crippen LogP contribution < -0.4 is 0 Å². The number of hydrogen-bond acceptors (Lipinski definition) is 1. The Morgan fingerprint density at radius 1 is 0.400 bits per heavy atom. The Bertz CT molecular complexity index is 3450. The molecule has 0 amide bonds. The summed E-state index contributed by atoms with van der Waals surface area (Å²) < 4.78 is 7.06. The van der Waals surface area contributed by atoms with E-state index in [-0.39, 0.29) is 0 Å². The first kappa shape index (κ1) is 30.7. The van der Waals surface area contributed by atoms with Crippen LogP contribution in [0.1, 0.15) is 5.56 Å². The largest absolute Gasteiger partial charge is 0.309 e. The van der Waals surface area contributed by atoms with Crippen LogP contribution in [-0.2, 0) is 0 Å². The van der Waals surface area contributed by atoms with Crippen molar-refractivity contribution in [3.63, 3.8) is 0 Å². The van der Waals surface area contributed by atoms with Crippen LogP contribution in [0.2, 0.25) is 0 Å². The Kier molecular flexibility index (Phi) is 6.61. The summed E-state index contributed by atoms with van der Waals surface area (Å²) in [4.78, 5) is 3.79. The van der Waals surface area contributed by atoms with Gasteiger partial charge in [-0.05, 0) is 95.4 Å². The van der Waals surface area contributed by atoms with Crippen molar-refractivity contribution in [1.29, 1.82) is 5.26 Å². The van der Waals surface area contributed by atoms with Crippen molar-refractivity contribution in [3.05, 3.63) is 193 Å². The highest BCUT2D eigenvalue weighted by Crippen LogP contribution is 2.43. The van der Waals surface area contributed by atoms with Gasteiger partial charge in [-0.25, -0.2) is 4.85 Å². The summed E-state index contributed by atoms with van der Waals surface area (Å²) in [5.74, 6) is 0. The summed E-state index contributed by atoms with van der Waals surface area (Å²) in [7, 11) is 0. The molecular weight excluding hydrogens is 671 g/mol. The Balaban J connectivity index is 1.16. The quantitative estimate of drug-likeness (QED) is 0.169. The van der Waals surface area contributed by atoms with Crippen molar-refractivity contribution in [3.8, 4) is 34.3 Å². The standard InChI is InChI=1S/C50H29N5/c1-52-35-22-26-48-44(30-35)42-24-23-41-39-17-5-8-20-46(39)55(49(41)50(42)54(48)36-13-3-2-4-14-36)38-16-10-12-34(29-38)33-11-9-15-37(28-33)53-45-19-7-6-18-40(45)43-27-32(31-51)21-25-47(43)53/h2-30H. The van der Waals surface area contributed by atoms with Gasteiger partial charge in [-0.1, -0.05) is 97.1 Å². The molecule has 0 saturated heterocycles. The molecular formula is C50H29N5. The predicted octanol–water partition coefficient (Wildman–Crippen LogP) is 13.1. The summed E-state index contributed by atoms with van der Waals surface area (Å²) in [6.07, 6.45) is 0. The van der Waals surface area contributed by atoms with Gasteiger partial charge in [0.25, 0.3) is 0 Å². The van der Waals surface area contributed by atoms with Gasteiger partial charge < -0.3 is 13.7 Å². The summed E-state index contributed by atoms with van der Waals surface area (Å²) in [5.41, 5.74) is 13.3. The Morgan fingerprint density at radius 3 is 1.60 bits per heavy atom. The highest BCUT2D eigenvalue weighted by Gasteiger charge is 2.22. The summed E-state index contributed by atoms with van der Waals surface area (Å²) in [5, 5.41) is 16.4. The molecule has 0 saturated carbocycles. The molecule has 8 aromatic carbocycles. The summed E-state index contributed by atoms with van der Waals surface area (Å²) in [6, 6.07) is 63.9. The lowest BCUT2D eigenvalue weighted by Crippen LogP contribution is -1.99. The fourth-order valence-electron chi connectivity index (χ4n) is 8.69. The molecule has 5 nitrogen and oxygen atoms in total. The van der Waals surface area contributed by atoms with E-state index in [4.69, 9.17) is 6.57 Å². The Hall–Kier alpha value is -7.86. The molecule has 5 heteroatoms. The van der Waals surface area contributed by atoms with Gasteiger partial charge in [-0.15, -0.1) is 0 Å². The molecule has 254 valence electrons. The number of nitrogens with zero attached hydrogens (tertiary/aromatic N) is 5. The van der Waals surface area contributed by atoms with Crippen molar-refractivity contribution in [2.75, 3.05) is 0 Å². The lowest BCUT2D eigenvalue weighted by atomic mass is 10.0. The maximum absolute atomic E-state index is 9.66. The molecule has 0 N–H and O–H groups in total. The molecule has 55 heavy (non-hydrogen) atoms. The van der Waals surface area contributed by atoms with Crippen LogP contribution in [-0.4, -0.2) is 13.7 Å². The van der Waals surface area contributed by atoms with E-state index in [1.54, 1.807) is 0 Å². The van der Waals surface area contributed by atoms with Crippen molar-refractivity contribution >= 4 is 71.1 Å². The van der Waals surface area contributed by atoms with Gasteiger partial charge in [0, 0.05) is 44.0 Å². The number of benzene rings is 8. The first-order chi connectivity index (χ1) is 27.2. The molecule has 0 atom stereocenters. The second-order valence-electron chi connectivity index (χ2n) is 14.0. The molecule has 0 unspecified atom stereocenters. The minimum absolute atomic E-state index is 0.628. The molecule has 0 radical (unpaired) electrons. The third-order valence-electron chi connectivity index (χ3n) is 11.0. The minimum atomic E-state index is 0.628. The molecule has 0 bridgehead atoms. The molecule has 0 aliphatic carbocycles. The van der Waals surface area contributed by atoms with Crippen LogP contribution in [0.4, 0.5) is 5.69 Å². The number of nitriles is 1. The van der Waals surface area contributed by atoms with Crippen molar-refractivity contribution in [2.24, 2.45) is 0 Å². The topological polar surface area (TPSA) is 42.9 Å². The number of para-hydroxylation sites is 3. The van der Waals surface area contributed by atoms with Crippen LogP contribution in [0.5, 0.6) is 0 Å². The summed E-state index contributed by atoms with van der Waals surface area (Å²) >= 11 is 0. The second-order valence-corrected chi connectivity index (χ2v) is 14.0. The Labute approximate surface area is 316 Å². The van der Waals surface area contributed by atoms with E-state index >= 15 is 0 Å². The van der Waals surface area contributed by atoms with E-state index in [1.165, 1.54) is 10.8 Å². The molecule has 11 rings (SSSR count). The van der Waals surface area contributed by atoms with E-state index in [0.29, 0.717) is 11.3 Å². The van der Waals surface area contributed by atoms with E-state index in [2.05, 4.69) is 170 Å². The van der Waals surface area contributed by atoms with Crippen LogP contribution in [0.15, 0.2) is 176 Å². The van der Waals surface area contributed by atoms with Crippen LogP contribution in [0.3, 0.4) is 0 Å². The lowest BCUT2D eigenvalue weighted by molar-refractivity contribution is 1.15. The zero-order valence-corrected chi connectivity index (χ0v) is 29.5. The van der Waals surface area contributed by atoms with Gasteiger partial charge in [0.2, 0.25) is 0 Å². The van der Waals surface area contributed by atoms with E-state index in [0.717, 1.165) is 82.8 Å². The fourth-order valence-corrected chi connectivity index (χ4v) is 8.69. The maximum atomic E-state index is 9.66. The highest BCUT2D eigenvalue weighted by atomic mass is 15.0. The first-order valence-corrected chi connectivity index (χ1v) is 18.3. The Morgan fingerprint density at radius 2 is 0.909 bits per heavy atom. The monoisotopic (exact) mass is 699 g/mol. The van der Waals surface area contributed by atoms with Crippen LogP contribution in [0, 0.1) is 17.9 Å². The lowest BCUT2D eigenvalue weighted by Gasteiger charge is -2.14. The van der Waals surface area contributed by atoms with E-state index in [9.17, 15) is 5.26 Å². The molecule has 0 fully saturated rings.